The van der Waals surface area contributed by atoms with Crippen LogP contribution in [0.1, 0.15) is 219 Å². The first-order valence-electron chi connectivity index (χ1n) is 18.2. The fourth-order valence-corrected chi connectivity index (χ4v) is 5.56. The Balaban J connectivity index is 3.10. The Kier molecular flexibility index (Phi) is 36.0. The first-order chi connectivity index (χ1) is 18.9. The van der Waals surface area contributed by atoms with Gasteiger partial charge in [0, 0.05) is 0 Å². The molecular weight excluding hydrogens is 456 g/mol. The maximum Gasteiger partial charge on any atom is -0.0351 e. The normalized spacial score (nSPS) is 11.9. The number of hydrogen-bond donors (Lipinski definition) is 0. The van der Waals surface area contributed by atoms with Gasteiger partial charge in [-0.2, -0.15) is 0 Å². The molecule has 0 aromatic carbocycles. The lowest BCUT2D eigenvalue weighted by atomic mass is 10.0. The van der Waals surface area contributed by atoms with E-state index in [9.17, 15) is 0 Å². The summed E-state index contributed by atoms with van der Waals surface area (Å²) in [7, 11) is 0. The molecule has 0 amide bonds. The lowest BCUT2D eigenvalue weighted by Crippen LogP contribution is -1.83. The van der Waals surface area contributed by atoms with Crippen LogP contribution in [0.5, 0.6) is 0 Å². The third-order valence-electron chi connectivity index (χ3n) is 8.27. The molecular formula is C38H74. The molecule has 0 heterocycles. The maximum atomic E-state index is 2.45. The van der Waals surface area contributed by atoms with E-state index in [1.54, 1.807) is 0 Å². The average molecular weight is 531 g/mol. The van der Waals surface area contributed by atoms with E-state index in [-0.39, 0.29) is 0 Å². The summed E-state index contributed by atoms with van der Waals surface area (Å²) < 4.78 is 0. The van der Waals surface area contributed by atoms with Crippen LogP contribution >= 0.6 is 0 Å². The highest BCUT2D eigenvalue weighted by Crippen LogP contribution is 2.15. The van der Waals surface area contributed by atoms with Gasteiger partial charge >= 0.3 is 0 Å². The molecule has 0 aliphatic heterocycles. The van der Waals surface area contributed by atoms with Gasteiger partial charge in [0.2, 0.25) is 0 Å². The number of rotatable bonds is 33. The van der Waals surface area contributed by atoms with E-state index < -0.39 is 0 Å². The van der Waals surface area contributed by atoms with E-state index in [2.05, 4.69) is 38.2 Å². The average Bonchev–Trinajstić information content (AvgIpc) is 2.93. The molecule has 0 aliphatic rings. The van der Waals surface area contributed by atoms with Gasteiger partial charge in [0.05, 0.1) is 0 Å². The minimum absolute atomic E-state index is 1.31. The zero-order chi connectivity index (χ0) is 27.5. The molecule has 0 fully saturated rings. The lowest BCUT2D eigenvalue weighted by molar-refractivity contribution is 0.531. The molecule has 226 valence electrons. The van der Waals surface area contributed by atoms with E-state index in [4.69, 9.17) is 0 Å². The molecule has 0 spiro atoms. The summed E-state index contributed by atoms with van der Waals surface area (Å²) in [4.78, 5) is 0. The van der Waals surface area contributed by atoms with Crippen LogP contribution in [0.4, 0.5) is 0 Å². The van der Waals surface area contributed by atoms with Gasteiger partial charge in [-0.3, -0.25) is 0 Å². The second-order valence-electron chi connectivity index (χ2n) is 12.3. The summed E-state index contributed by atoms with van der Waals surface area (Å²) in [6.45, 7) is 4.60. The molecule has 0 bridgehead atoms. The van der Waals surface area contributed by atoms with Crippen molar-refractivity contribution in [3.8, 4) is 0 Å². The minimum Gasteiger partial charge on any atom is -0.0885 e. The first kappa shape index (κ1) is 37.5. The maximum absolute atomic E-state index is 2.45. The summed E-state index contributed by atoms with van der Waals surface area (Å²) in [6, 6.07) is 0. The quantitative estimate of drug-likeness (QED) is 0.0584. The van der Waals surface area contributed by atoms with Crippen molar-refractivity contribution in [3.05, 3.63) is 24.3 Å². The second-order valence-corrected chi connectivity index (χ2v) is 12.3. The van der Waals surface area contributed by atoms with E-state index in [1.807, 2.05) is 0 Å². The second kappa shape index (κ2) is 36.5. The monoisotopic (exact) mass is 531 g/mol. The van der Waals surface area contributed by atoms with Gasteiger partial charge in [-0.1, -0.05) is 192 Å². The minimum atomic E-state index is 1.31. The first-order valence-corrected chi connectivity index (χ1v) is 18.2. The SMILES string of the molecule is CCCCCCCC/C=C\CCCCCCCCCCCCCCCCC/C=C\CCCCCCCCC. The van der Waals surface area contributed by atoms with Crippen molar-refractivity contribution in [1.82, 2.24) is 0 Å². The van der Waals surface area contributed by atoms with Crippen LogP contribution in [0, 0.1) is 0 Å². The van der Waals surface area contributed by atoms with Crippen molar-refractivity contribution in [3.63, 3.8) is 0 Å². The third kappa shape index (κ3) is 35.5. The third-order valence-corrected chi connectivity index (χ3v) is 8.27. The van der Waals surface area contributed by atoms with Crippen LogP contribution < -0.4 is 0 Å². The van der Waals surface area contributed by atoms with E-state index in [0.29, 0.717) is 0 Å². The zero-order valence-corrected chi connectivity index (χ0v) is 26.9. The van der Waals surface area contributed by atoms with Crippen molar-refractivity contribution in [2.45, 2.75) is 219 Å². The van der Waals surface area contributed by atoms with Gasteiger partial charge in [-0.05, 0) is 51.4 Å². The summed E-state index contributed by atoms with van der Waals surface area (Å²) in [5.74, 6) is 0. The van der Waals surface area contributed by atoms with Crippen LogP contribution in [0.15, 0.2) is 24.3 Å². The van der Waals surface area contributed by atoms with Crippen molar-refractivity contribution < 1.29 is 0 Å². The van der Waals surface area contributed by atoms with Crippen LogP contribution in [0.25, 0.3) is 0 Å². The van der Waals surface area contributed by atoms with E-state index in [0.717, 1.165) is 0 Å². The molecule has 0 radical (unpaired) electrons. The number of allylic oxidation sites excluding steroid dienone is 4. The Morgan fingerprint density at radius 2 is 0.368 bits per heavy atom. The van der Waals surface area contributed by atoms with Crippen LogP contribution in [-0.2, 0) is 0 Å². The molecule has 0 aromatic rings. The van der Waals surface area contributed by atoms with Crippen LogP contribution in [-0.4, -0.2) is 0 Å². The molecule has 0 heteroatoms. The number of hydrogen-bond acceptors (Lipinski definition) is 0. The largest absolute Gasteiger partial charge is 0.0885 e. The highest BCUT2D eigenvalue weighted by molar-refractivity contribution is 4.82. The molecule has 0 N–H and O–H groups in total. The van der Waals surface area contributed by atoms with Crippen molar-refractivity contribution in [1.29, 1.82) is 0 Å². The molecule has 0 rings (SSSR count). The Hall–Kier alpha value is -0.520. The summed E-state index contributed by atoms with van der Waals surface area (Å²) in [6.07, 6.45) is 55.4. The standard InChI is InChI=1S/C38H74/c1-3-5-7-9-11-13-15-17-19-21-23-25-27-29-31-33-35-37-38-36-34-32-30-28-26-24-22-20-18-16-14-12-10-8-6-4-2/h17,19-20,22H,3-16,18,21,23-38H2,1-2H3/b19-17-,22-20-. The molecule has 0 aliphatic carbocycles. The molecule has 38 heavy (non-hydrogen) atoms. The highest BCUT2D eigenvalue weighted by atomic mass is 14.0. The predicted molar refractivity (Wildman–Crippen MR) is 177 cm³/mol. The summed E-state index contributed by atoms with van der Waals surface area (Å²) >= 11 is 0. The van der Waals surface area contributed by atoms with Crippen molar-refractivity contribution in [2.24, 2.45) is 0 Å². The Morgan fingerprint density at radius 1 is 0.211 bits per heavy atom. The predicted octanol–water partition coefficient (Wildman–Crippen LogP) is 14.6. The van der Waals surface area contributed by atoms with Gasteiger partial charge in [0.1, 0.15) is 0 Å². The molecule has 0 aromatic heterocycles. The molecule has 0 atom stereocenters. The smallest absolute Gasteiger partial charge is 0.0351 e. The fourth-order valence-electron chi connectivity index (χ4n) is 5.56. The Morgan fingerprint density at radius 3 is 0.553 bits per heavy atom. The molecule has 0 saturated carbocycles. The molecule has 0 unspecified atom stereocenters. The van der Waals surface area contributed by atoms with Crippen molar-refractivity contribution in [2.75, 3.05) is 0 Å². The Bertz CT molecular complexity index is 445. The van der Waals surface area contributed by atoms with Gasteiger partial charge < -0.3 is 0 Å². The van der Waals surface area contributed by atoms with Gasteiger partial charge in [0.25, 0.3) is 0 Å². The molecule has 0 nitrogen and oxygen atoms in total. The van der Waals surface area contributed by atoms with Crippen LogP contribution in [0.3, 0.4) is 0 Å². The summed E-state index contributed by atoms with van der Waals surface area (Å²) in [5.41, 5.74) is 0. The van der Waals surface area contributed by atoms with Crippen molar-refractivity contribution >= 4 is 0 Å². The summed E-state index contributed by atoms with van der Waals surface area (Å²) in [5, 5.41) is 0. The zero-order valence-electron chi connectivity index (χ0n) is 26.9. The Labute approximate surface area is 243 Å². The fraction of sp³-hybridized carbons (Fsp3) is 0.895. The van der Waals surface area contributed by atoms with Crippen LogP contribution in [0.2, 0.25) is 0 Å². The van der Waals surface area contributed by atoms with Gasteiger partial charge in [0.15, 0.2) is 0 Å². The van der Waals surface area contributed by atoms with Gasteiger partial charge in [-0.25, -0.2) is 0 Å². The van der Waals surface area contributed by atoms with Gasteiger partial charge in [-0.15, -0.1) is 0 Å². The van der Waals surface area contributed by atoms with E-state index >= 15 is 0 Å². The topological polar surface area (TPSA) is 0 Å². The number of unbranched alkanes of at least 4 members (excludes halogenated alkanes) is 29. The lowest BCUT2D eigenvalue weighted by Gasteiger charge is -2.03. The van der Waals surface area contributed by atoms with E-state index in [1.165, 1.54) is 205 Å². The molecule has 0 saturated heterocycles. The highest BCUT2D eigenvalue weighted by Gasteiger charge is 1.95.